The van der Waals surface area contributed by atoms with Crippen LogP contribution in [0.1, 0.15) is 10.4 Å². The number of nitrogens with zero attached hydrogens (tertiary/aromatic N) is 1. The minimum absolute atomic E-state index is 0.192. The Hall–Kier alpha value is -3.20. The highest BCUT2D eigenvalue weighted by Gasteiger charge is 2.23. The lowest BCUT2D eigenvalue weighted by Gasteiger charge is -2.12. The zero-order valence-electron chi connectivity index (χ0n) is 12.1. The zero-order chi connectivity index (χ0) is 18.3. The van der Waals surface area contributed by atoms with E-state index in [-0.39, 0.29) is 10.9 Å². The molecular formula is C16H7F4NO4. The molecule has 0 radical (unpaired) electrons. The second-order valence-corrected chi connectivity index (χ2v) is 4.97. The van der Waals surface area contributed by atoms with Gasteiger partial charge in [0.15, 0.2) is 17.4 Å². The smallest absolute Gasteiger partial charge is 0.341 e. The van der Waals surface area contributed by atoms with Gasteiger partial charge in [-0.3, -0.25) is 4.98 Å². The van der Waals surface area contributed by atoms with E-state index < -0.39 is 51.7 Å². The average Bonchev–Trinajstić information content (AvgIpc) is 2.57. The van der Waals surface area contributed by atoms with Gasteiger partial charge >= 0.3 is 5.97 Å². The van der Waals surface area contributed by atoms with Crippen LogP contribution in [0.25, 0.3) is 22.0 Å². The number of pyridine rings is 1. The van der Waals surface area contributed by atoms with Crippen LogP contribution >= 0.6 is 0 Å². The van der Waals surface area contributed by atoms with Gasteiger partial charge < -0.3 is 9.99 Å². The molecule has 5 nitrogen and oxygen atoms in total. The van der Waals surface area contributed by atoms with E-state index in [1.807, 2.05) is 0 Å². The zero-order valence-corrected chi connectivity index (χ0v) is 12.1. The molecule has 0 aliphatic rings. The highest BCUT2D eigenvalue weighted by Crippen LogP contribution is 2.37. The summed E-state index contributed by atoms with van der Waals surface area (Å²) in [6.07, 6.45) is 0.743. The Morgan fingerprint density at radius 2 is 1.80 bits per heavy atom. The molecule has 0 bridgehead atoms. The highest BCUT2D eigenvalue weighted by atomic mass is 19.2. The fraction of sp³-hybridized carbons (Fsp3) is 0. The molecule has 0 aliphatic carbocycles. The van der Waals surface area contributed by atoms with Gasteiger partial charge in [0.05, 0.1) is 5.52 Å². The second kappa shape index (κ2) is 6.02. The molecule has 0 atom stereocenters. The molecule has 3 rings (SSSR count). The van der Waals surface area contributed by atoms with Crippen LogP contribution in [0.15, 0.2) is 30.5 Å². The molecule has 25 heavy (non-hydrogen) atoms. The number of hydrogen-bond acceptors (Lipinski definition) is 4. The van der Waals surface area contributed by atoms with Crippen molar-refractivity contribution in [1.29, 1.82) is 0 Å². The lowest BCUT2D eigenvalue weighted by Crippen LogP contribution is -2.04. The molecule has 1 heterocycles. The van der Waals surface area contributed by atoms with Crippen LogP contribution in [0.5, 0.6) is 5.75 Å². The van der Waals surface area contributed by atoms with E-state index in [2.05, 4.69) is 9.87 Å². The largest absolute Gasteiger partial charge is 0.477 e. The molecule has 0 fully saturated rings. The minimum Gasteiger partial charge on any atom is -0.477 e. The van der Waals surface area contributed by atoms with Gasteiger partial charge in [-0.25, -0.2) is 27.6 Å². The number of carboxylic acid groups (broad SMARTS) is 1. The van der Waals surface area contributed by atoms with Crippen LogP contribution in [-0.2, 0) is 0 Å². The van der Waals surface area contributed by atoms with Gasteiger partial charge in [0.1, 0.15) is 17.2 Å². The summed E-state index contributed by atoms with van der Waals surface area (Å²) in [7, 11) is 0. The number of carbonyl (C=O) groups is 1. The monoisotopic (exact) mass is 353 g/mol. The van der Waals surface area contributed by atoms with E-state index in [9.17, 15) is 22.4 Å². The summed E-state index contributed by atoms with van der Waals surface area (Å²) in [6, 6.07) is 2.70. The molecule has 1 aromatic heterocycles. The van der Waals surface area contributed by atoms with Gasteiger partial charge in [-0.05, 0) is 18.2 Å². The molecule has 128 valence electrons. The third-order valence-electron chi connectivity index (χ3n) is 3.52. The predicted molar refractivity (Wildman–Crippen MR) is 77.2 cm³/mol. The maximum atomic E-state index is 14.3. The van der Waals surface area contributed by atoms with Gasteiger partial charge in [0, 0.05) is 28.8 Å². The number of fused-ring (bicyclic) bond motifs is 1. The molecular weight excluding hydrogens is 346 g/mol. The summed E-state index contributed by atoms with van der Waals surface area (Å²) < 4.78 is 55.2. The Bertz CT molecular complexity index is 1020. The number of hydrogen-bond donors (Lipinski definition) is 2. The Balaban J connectivity index is 2.45. The van der Waals surface area contributed by atoms with E-state index in [1.54, 1.807) is 0 Å². The molecule has 0 spiro atoms. The Kier molecular flexibility index (Phi) is 4.01. The molecule has 2 aromatic carbocycles. The minimum atomic E-state index is -1.54. The number of benzene rings is 2. The highest BCUT2D eigenvalue weighted by molar-refractivity contribution is 6.03. The topological polar surface area (TPSA) is 79.7 Å². The van der Waals surface area contributed by atoms with E-state index in [1.165, 1.54) is 0 Å². The molecule has 0 unspecified atom stereocenters. The van der Waals surface area contributed by atoms with Gasteiger partial charge in [0.25, 0.3) is 0 Å². The maximum absolute atomic E-state index is 14.3. The Labute approximate surface area is 136 Å². The lowest BCUT2D eigenvalue weighted by atomic mass is 9.99. The van der Waals surface area contributed by atoms with Crippen LogP contribution in [-0.4, -0.2) is 21.3 Å². The number of aromatic carboxylic acids is 1. The molecule has 0 saturated heterocycles. The second-order valence-electron chi connectivity index (χ2n) is 4.97. The first-order valence-corrected chi connectivity index (χ1v) is 6.66. The van der Waals surface area contributed by atoms with Crippen molar-refractivity contribution in [2.75, 3.05) is 0 Å². The van der Waals surface area contributed by atoms with Gasteiger partial charge in [-0.15, -0.1) is 0 Å². The predicted octanol–water partition coefficient (Wildman–Crippen LogP) is 4.01. The van der Waals surface area contributed by atoms with Crippen LogP contribution < -0.4 is 4.89 Å². The van der Waals surface area contributed by atoms with Crippen molar-refractivity contribution in [3.8, 4) is 16.9 Å². The lowest BCUT2D eigenvalue weighted by molar-refractivity contribution is -0.136. The third-order valence-corrected chi connectivity index (χ3v) is 3.52. The Morgan fingerprint density at radius 1 is 1.08 bits per heavy atom. The van der Waals surface area contributed by atoms with E-state index >= 15 is 0 Å². The van der Waals surface area contributed by atoms with Crippen LogP contribution in [0.3, 0.4) is 0 Å². The summed E-state index contributed by atoms with van der Waals surface area (Å²) in [5.41, 5.74) is -2.25. The molecule has 0 amide bonds. The number of carboxylic acids is 1. The summed E-state index contributed by atoms with van der Waals surface area (Å²) >= 11 is 0. The average molecular weight is 353 g/mol. The fourth-order valence-corrected chi connectivity index (χ4v) is 2.46. The molecule has 9 heteroatoms. The number of rotatable bonds is 3. The van der Waals surface area contributed by atoms with Crippen LogP contribution in [0, 0.1) is 23.3 Å². The van der Waals surface area contributed by atoms with Crippen molar-refractivity contribution in [1.82, 2.24) is 4.98 Å². The SMILES string of the molecule is O=C(O)c1cnc2c(-c3cc(F)cc(F)c3F)c(F)ccc2c1OO. The van der Waals surface area contributed by atoms with Crippen molar-refractivity contribution in [2.24, 2.45) is 0 Å². The maximum Gasteiger partial charge on any atom is 0.341 e. The van der Waals surface area contributed by atoms with Gasteiger partial charge in [-0.2, -0.15) is 0 Å². The standard InChI is InChI=1S/C16H7F4NO4/c17-6-3-8(13(20)11(19)4-6)12-10(18)2-1-7-14(12)21-5-9(16(22)23)15(7)25-24/h1-5,24H,(H,22,23). The first-order valence-electron chi connectivity index (χ1n) is 6.66. The van der Waals surface area contributed by atoms with Crippen LogP contribution in [0.4, 0.5) is 17.6 Å². The van der Waals surface area contributed by atoms with Gasteiger partial charge in [0.2, 0.25) is 0 Å². The molecule has 3 aromatic rings. The van der Waals surface area contributed by atoms with Crippen molar-refractivity contribution >= 4 is 16.9 Å². The van der Waals surface area contributed by atoms with E-state index in [0.717, 1.165) is 18.3 Å². The quantitative estimate of drug-likeness (QED) is 0.322. The van der Waals surface area contributed by atoms with E-state index in [4.69, 9.17) is 10.4 Å². The van der Waals surface area contributed by atoms with Crippen LogP contribution in [0.2, 0.25) is 0 Å². The summed E-state index contributed by atoms with van der Waals surface area (Å²) in [6.45, 7) is 0. The molecule has 0 saturated carbocycles. The first-order chi connectivity index (χ1) is 11.8. The number of halogens is 4. The first kappa shape index (κ1) is 16.7. The molecule has 2 N–H and O–H groups in total. The van der Waals surface area contributed by atoms with Crippen molar-refractivity contribution in [3.05, 3.63) is 59.3 Å². The third kappa shape index (κ3) is 2.64. The van der Waals surface area contributed by atoms with Crippen molar-refractivity contribution < 1.29 is 37.6 Å². The van der Waals surface area contributed by atoms with Crippen molar-refractivity contribution in [2.45, 2.75) is 0 Å². The summed E-state index contributed by atoms with van der Waals surface area (Å²) in [5.74, 6) is -7.32. The number of aromatic nitrogens is 1. The summed E-state index contributed by atoms with van der Waals surface area (Å²) in [5, 5.41) is 17.8. The molecule has 0 aliphatic heterocycles. The van der Waals surface area contributed by atoms with Crippen molar-refractivity contribution in [3.63, 3.8) is 0 Å². The Morgan fingerprint density at radius 3 is 2.44 bits per heavy atom. The van der Waals surface area contributed by atoms with E-state index in [0.29, 0.717) is 12.1 Å². The fourth-order valence-electron chi connectivity index (χ4n) is 2.46. The summed E-state index contributed by atoms with van der Waals surface area (Å²) in [4.78, 5) is 18.9. The van der Waals surface area contributed by atoms with Gasteiger partial charge in [-0.1, -0.05) is 0 Å². The normalized spacial score (nSPS) is 10.9.